The van der Waals surface area contributed by atoms with E-state index in [1.807, 2.05) is 0 Å². The van der Waals surface area contributed by atoms with Crippen molar-refractivity contribution in [1.29, 1.82) is 0 Å². The zero-order valence-corrected chi connectivity index (χ0v) is 10.0. The molecule has 1 heterocycles. The summed E-state index contributed by atoms with van der Waals surface area (Å²) in [6, 6.07) is 4.68. The summed E-state index contributed by atoms with van der Waals surface area (Å²) in [6.45, 7) is 1.59. The first kappa shape index (κ1) is 12.0. The Morgan fingerprint density at radius 3 is 2.83 bits per heavy atom. The highest BCUT2D eigenvalue weighted by molar-refractivity contribution is 5.89. The van der Waals surface area contributed by atoms with Crippen LogP contribution in [-0.4, -0.2) is 27.3 Å². The predicted molar refractivity (Wildman–Crippen MR) is 66.6 cm³/mol. The fraction of sp³-hybridized carbons (Fsp3) is 0.273. The molecule has 7 nitrogen and oxygen atoms in total. The van der Waals surface area contributed by atoms with Crippen molar-refractivity contribution in [1.82, 2.24) is 9.55 Å². The van der Waals surface area contributed by atoms with E-state index < -0.39 is 4.92 Å². The second-order valence-electron chi connectivity index (χ2n) is 3.88. The topological polar surface area (TPSA) is 90.1 Å². The Hall–Kier alpha value is -2.44. The lowest BCUT2D eigenvalue weighted by Crippen LogP contribution is -2.09. The highest BCUT2D eigenvalue weighted by Gasteiger charge is 2.19. The van der Waals surface area contributed by atoms with E-state index in [0.29, 0.717) is 11.5 Å². The van der Waals surface area contributed by atoms with Gasteiger partial charge in [0, 0.05) is 13.1 Å². The van der Waals surface area contributed by atoms with E-state index >= 15 is 0 Å². The molecule has 0 aliphatic rings. The van der Waals surface area contributed by atoms with Crippen LogP contribution in [0.3, 0.4) is 0 Å². The van der Waals surface area contributed by atoms with Crippen LogP contribution in [0.15, 0.2) is 18.2 Å². The van der Waals surface area contributed by atoms with Gasteiger partial charge in [0.1, 0.15) is 5.78 Å². The molecule has 0 spiro atoms. The Kier molecular flexibility index (Phi) is 2.97. The number of hydrogen-bond acceptors (Lipinski definition) is 5. The first-order chi connectivity index (χ1) is 8.54. The van der Waals surface area contributed by atoms with Gasteiger partial charge in [-0.05, 0) is 13.0 Å². The number of nitro groups is 1. The number of anilines is 1. The first-order valence-electron chi connectivity index (χ1n) is 5.35. The van der Waals surface area contributed by atoms with Crippen molar-refractivity contribution in [2.75, 3.05) is 12.4 Å². The Bertz CT molecular complexity index is 632. The van der Waals surface area contributed by atoms with Gasteiger partial charge < -0.3 is 9.88 Å². The highest BCUT2D eigenvalue weighted by Crippen LogP contribution is 2.27. The minimum atomic E-state index is -0.479. The number of nitro benzene ring substituents is 1. The third-order valence-corrected chi connectivity index (χ3v) is 2.56. The zero-order chi connectivity index (χ0) is 13.3. The molecule has 0 unspecified atom stereocenters. The van der Waals surface area contributed by atoms with E-state index in [-0.39, 0.29) is 23.5 Å². The second-order valence-corrected chi connectivity index (χ2v) is 3.88. The normalized spacial score (nSPS) is 10.6. The van der Waals surface area contributed by atoms with E-state index in [9.17, 15) is 14.9 Å². The lowest BCUT2D eigenvalue weighted by molar-refractivity contribution is -0.383. The average Bonchev–Trinajstić information content (AvgIpc) is 2.66. The number of fused-ring (bicyclic) bond motifs is 1. The summed E-state index contributed by atoms with van der Waals surface area (Å²) in [4.78, 5) is 25.8. The fourth-order valence-electron chi connectivity index (χ4n) is 1.85. The van der Waals surface area contributed by atoms with Gasteiger partial charge in [-0.15, -0.1) is 0 Å². The van der Waals surface area contributed by atoms with Crippen molar-refractivity contribution >= 4 is 28.5 Å². The van der Waals surface area contributed by atoms with Gasteiger partial charge in [-0.3, -0.25) is 14.9 Å². The predicted octanol–water partition coefficient (Wildman–Crippen LogP) is 1.58. The van der Waals surface area contributed by atoms with Gasteiger partial charge >= 0.3 is 0 Å². The van der Waals surface area contributed by atoms with Gasteiger partial charge in [-0.2, -0.15) is 0 Å². The number of aromatic nitrogens is 2. The van der Waals surface area contributed by atoms with Crippen molar-refractivity contribution in [2.24, 2.45) is 0 Å². The van der Waals surface area contributed by atoms with Crippen molar-refractivity contribution in [3.05, 3.63) is 28.3 Å². The van der Waals surface area contributed by atoms with Crippen LogP contribution in [-0.2, 0) is 11.3 Å². The van der Waals surface area contributed by atoms with Crippen LogP contribution in [0.25, 0.3) is 11.0 Å². The van der Waals surface area contributed by atoms with E-state index in [0.717, 1.165) is 0 Å². The molecule has 0 atom stereocenters. The number of benzene rings is 1. The van der Waals surface area contributed by atoms with Gasteiger partial charge in [0.15, 0.2) is 5.52 Å². The lowest BCUT2D eigenvalue weighted by atomic mass is 10.2. The minimum Gasteiger partial charge on any atom is -0.359 e. The number of carbonyl (C=O) groups is 1. The summed E-state index contributed by atoms with van der Waals surface area (Å²) in [6.07, 6.45) is 0. The maximum absolute atomic E-state index is 11.2. The Balaban J connectivity index is 2.73. The molecule has 0 saturated carbocycles. The monoisotopic (exact) mass is 248 g/mol. The molecule has 0 radical (unpaired) electrons. The van der Waals surface area contributed by atoms with Crippen molar-refractivity contribution in [2.45, 2.75) is 13.5 Å². The van der Waals surface area contributed by atoms with Crippen LogP contribution < -0.4 is 5.32 Å². The fourth-order valence-corrected chi connectivity index (χ4v) is 1.85. The Morgan fingerprint density at radius 2 is 2.28 bits per heavy atom. The van der Waals surface area contributed by atoms with Crippen molar-refractivity contribution < 1.29 is 9.72 Å². The quantitative estimate of drug-likeness (QED) is 0.655. The molecule has 0 aliphatic carbocycles. The lowest BCUT2D eigenvalue weighted by Gasteiger charge is -2.05. The Labute approximate surface area is 103 Å². The summed E-state index contributed by atoms with van der Waals surface area (Å²) in [7, 11) is 1.66. The van der Waals surface area contributed by atoms with Gasteiger partial charge in [0.2, 0.25) is 5.95 Å². The van der Waals surface area contributed by atoms with E-state index in [1.165, 1.54) is 13.0 Å². The number of imidazole rings is 1. The number of rotatable bonds is 4. The van der Waals surface area contributed by atoms with E-state index in [1.54, 1.807) is 23.7 Å². The molecular formula is C11H12N4O3. The number of hydrogen-bond donors (Lipinski definition) is 1. The highest BCUT2D eigenvalue weighted by atomic mass is 16.6. The molecule has 18 heavy (non-hydrogen) atoms. The number of Topliss-reactive ketones (excluding diaryl/α,β-unsaturated/α-hetero) is 1. The molecule has 0 aliphatic heterocycles. The summed E-state index contributed by atoms with van der Waals surface area (Å²) >= 11 is 0. The standard InChI is InChI=1S/C11H12N4O3/c1-7(16)6-14-8-4-3-5-9(15(17)18)10(8)13-11(14)12-2/h3-5H,6H2,1-2H3,(H,12,13). The first-order valence-corrected chi connectivity index (χ1v) is 5.35. The minimum absolute atomic E-state index is 0.0442. The maximum atomic E-state index is 11.2. The van der Waals surface area contributed by atoms with Crippen LogP contribution in [0.4, 0.5) is 11.6 Å². The number of nitrogens with zero attached hydrogens (tertiary/aromatic N) is 3. The van der Waals surface area contributed by atoms with Crippen LogP contribution in [0.1, 0.15) is 6.92 Å². The molecule has 1 aromatic heterocycles. The van der Waals surface area contributed by atoms with Gasteiger partial charge in [-0.1, -0.05) is 6.07 Å². The summed E-state index contributed by atoms with van der Waals surface area (Å²) in [5, 5.41) is 13.7. The van der Waals surface area contributed by atoms with Crippen LogP contribution in [0, 0.1) is 10.1 Å². The Morgan fingerprint density at radius 1 is 1.56 bits per heavy atom. The third-order valence-electron chi connectivity index (χ3n) is 2.56. The number of carbonyl (C=O) groups excluding carboxylic acids is 1. The molecule has 0 saturated heterocycles. The molecule has 0 fully saturated rings. The van der Waals surface area contributed by atoms with Crippen LogP contribution >= 0.6 is 0 Å². The molecule has 0 bridgehead atoms. The largest absolute Gasteiger partial charge is 0.359 e. The summed E-state index contributed by atoms with van der Waals surface area (Å²) in [5.74, 6) is 0.395. The summed E-state index contributed by atoms with van der Waals surface area (Å²) < 4.78 is 1.63. The molecule has 2 rings (SSSR count). The molecule has 94 valence electrons. The molecule has 1 N–H and O–H groups in total. The number of para-hydroxylation sites is 1. The van der Waals surface area contributed by atoms with E-state index in [2.05, 4.69) is 10.3 Å². The smallest absolute Gasteiger partial charge is 0.297 e. The number of nitrogens with one attached hydrogen (secondary N) is 1. The molecule has 2 aromatic rings. The maximum Gasteiger partial charge on any atom is 0.297 e. The number of non-ortho nitro benzene ring substituents is 1. The third kappa shape index (κ3) is 1.90. The molecule has 7 heteroatoms. The SMILES string of the molecule is CNc1nc2c([N+](=O)[O-])cccc2n1CC(C)=O. The molecule has 1 aromatic carbocycles. The van der Waals surface area contributed by atoms with Crippen molar-refractivity contribution in [3.8, 4) is 0 Å². The molecule has 0 amide bonds. The van der Waals surface area contributed by atoms with Crippen LogP contribution in [0.2, 0.25) is 0 Å². The zero-order valence-electron chi connectivity index (χ0n) is 10.0. The van der Waals surface area contributed by atoms with E-state index in [4.69, 9.17) is 0 Å². The summed E-state index contributed by atoms with van der Waals surface area (Å²) in [5.41, 5.74) is 0.795. The van der Waals surface area contributed by atoms with Crippen LogP contribution in [0.5, 0.6) is 0 Å². The van der Waals surface area contributed by atoms with Gasteiger partial charge in [-0.25, -0.2) is 4.98 Å². The van der Waals surface area contributed by atoms with Gasteiger partial charge in [0.25, 0.3) is 5.69 Å². The second kappa shape index (κ2) is 4.44. The molecular weight excluding hydrogens is 236 g/mol. The average molecular weight is 248 g/mol. The van der Waals surface area contributed by atoms with Crippen molar-refractivity contribution in [3.63, 3.8) is 0 Å². The number of ketones is 1. The van der Waals surface area contributed by atoms with Gasteiger partial charge in [0.05, 0.1) is 17.0 Å².